The van der Waals surface area contributed by atoms with Gasteiger partial charge in [-0.3, -0.25) is 10.1 Å². The Hall–Kier alpha value is -1.83. The van der Waals surface area contributed by atoms with Crippen LogP contribution in [0.1, 0.15) is 24.8 Å². The molecule has 2 heterocycles. The summed E-state index contributed by atoms with van der Waals surface area (Å²) in [5.74, 6) is 0. The van der Waals surface area contributed by atoms with E-state index in [1.54, 1.807) is 4.90 Å². The van der Waals surface area contributed by atoms with E-state index >= 15 is 0 Å². The zero-order chi connectivity index (χ0) is 15.4. The van der Waals surface area contributed by atoms with Gasteiger partial charge in [-0.15, -0.1) is 0 Å². The number of aliphatic hydroxyl groups excluding tert-OH is 1. The number of nitro groups is 1. The van der Waals surface area contributed by atoms with Crippen molar-refractivity contribution < 1.29 is 23.2 Å². The third-order valence-electron chi connectivity index (χ3n) is 4.28. The Morgan fingerprint density at radius 1 is 1.33 bits per heavy atom. The topological polar surface area (TPSA) is 66.6 Å². The number of hydrogen-bond donors (Lipinski definition) is 1. The number of hydrogen-bond acceptors (Lipinski definition) is 4. The molecule has 3 atom stereocenters. The van der Waals surface area contributed by atoms with Gasteiger partial charge >= 0.3 is 6.18 Å². The molecule has 1 aromatic rings. The zero-order valence-electron chi connectivity index (χ0n) is 10.9. The summed E-state index contributed by atoms with van der Waals surface area (Å²) in [5, 5.41) is 20.6. The first-order chi connectivity index (χ1) is 9.79. The van der Waals surface area contributed by atoms with Crippen molar-refractivity contribution in [2.45, 2.75) is 43.6 Å². The van der Waals surface area contributed by atoms with E-state index in [0.29, 0.717) is 6.42 Å². The van der Waals surface area contributed by atoms with E-state index in [2.05, 4.69) is 0 Å². The predicted octanol–water partition coefficient (Wildman–Crippen LogP) is 2.72. The third-order valence-corrected chi connectivity index (χ3v) is 4.28. The molecule has 2 saturated heterocycles. The van der Waals surface area contributed by atoms with E-state index in [1.807, 2.05) is 0 Å². The SMILES string of the molecule is O=[N+]([O-])c1ccc(N2C3CCC2C(O)C3)cc1C(F)(F)F. The molecule has 114 valence electrons. The summed E-state index contributed by atoms with van der Waals surface area (Å²) in [6.07, 6.45) is -3.25. The second-order valence-electron chi connectivity index (χ2n) is 5.47. The van der Waals surface area contributed by atoms with Crippen LogP contribution in [0.2, 0.25) is 0 Å². The molecule has 8 heteroatoms. The molecular formula is C13H13F3N2O3. The van der Waals surface area contributed by atoms with Crippen molar-refractivity contribution in [2.75, 3.05) is 4.90 Å². The minimum Gasteiger partial charge on any atom is -0.391 e. The van der Waals surface area contributed by atoms with Crippen LogP contribution >= 0.6 is 0 Å². The number of rotatable bonds is 2. The summed E-state index contributed by atoms with van der Waals surface area (Å²) in [6.45, 7) is 0. The van der Waals surface area contributed by atoms with Crippen LogP contribution in [0.4, 0.5) is 24.5 Å². The molecule has 0 aliphatic carbocycles. The van der Waals surface area contributed by atoms with E-state index in [4.69, 9.17) is 0 Å². The lowest BCUT2D eigenvalue weighted by Crippen LogP contribution is -2.32. The maximum atomic E-state index is 13.0. The standard InChI is InChI=1S/C13H13F3N2O3/c14-13(15,16)9-5-7(1-3-10(9)18(20)21)17-8-2-4-11(17)12(19)6-8/h1,3,5,8,11-12,19H,2,4,6H2. The highest BCUT2D eigenvalue weighted by Gasteiger charge is 2.46. The molecule has 0 spiro atoms. The average Bonchev–Trinajstić information content (AvgIpc) is 2.93. The van der Waals surface area contributed by atoms with E-state index in [0.717, 1.165) is 25.0 Å². The summed E-state index contributed by atoms with van der Waals surface area (Å²) in [7, 11) is 0. The Bertz CT molecular complexity index is 591. The van der Waals surface area contributed by atoms with Crippen LogP contribution in [-0.2, 0) is 6.18 Å². The molecule has 3 rings (SSSR count). The predicted molar refractivity (Wildman–Crippen MR) is 68.0 cm³/mol. The lowest BCUT2D eigenvalue weighted by molar-refractivity contribution is -0.388. The van der Waals surface area contributed by atoms with Gasteiger partial charge in [-0.1, -0.05) is 0 Å². The summed E-state index contributed by atoms with van der Waals surface area (Å²) < 4.78 is 39.0. The van der Waals surface area contributed by atoms with Gasteiger partial charge in [0.15, 0.2) is 0 Å². The molecule has 0 amide bonds. The Morgan fingerprint density at radius 2 is 2.05 bits per heavy atom. The van der Waals surface area contributed by atoms with Gasteiger partial charge in [0, 0.05) is 17.8 Å². The number of anilines is 1. The zero-order valence-corrected chi connectivity index (χ0v) is 10.9. The Labute approximate surface area is 118 Å². The molecular weight excluding hydrogens is 289 g/mol. The number of nitro benzene ring substituents is 1. The van der Waals surface area contributed by atoms with Crippen LogP contribution in [0, 0.1) is 10.1 Å². The summed E-state index contributed by atoms with van der Waals surface area (Å²) in [6, 6.07) is 2.85. The van der Waals surface area contributed by atoms with Crippen molar-refractivity contribution >= 4 is 11.4 Å². The largest absolute Gasteiger partial charge is 0.423 e. The normalized spacial score (nSPS) is 28.2. The molecule has 0 saturated carbocycles. The third kappa shape index (κ3) is 2.23. The molecule has 0 radical (unpaired) electrons. The average molecular weight is 302 g/mol. The van der Waals surface area contributed by atoms with E-state index < -0.39 is 28.5 Å². The number of fused-ring (bicyclic) bond motifs is 2. The molecule has 0 aromatic heterocycles. The molecule has 1 N–H and O–H groups in total. The lowest BCUT2D eigenvalue weighted by Gasteiger charge is -2.25. The molecule has 1 aromatic carbocycles. The lowest BCUT2D eigenvalue weighted by atomic mass is 9.98. The number of nitrogens with zero attached hydrogens (tertiary/aromatic N) is 2. The monoisotopic (exact) mass is 302 g/mol. The van der Waals surface area contributed by atoms with Crippen molar-refractivity contribution in [3.8, 4) is 0 Å². The van der Waals surface area contributed by atoms with Gasteiger partial charge in [-0.05, 0) is 31.4 Å². The first-order valence-electron chi connectivity index (χ1n) is 6.61. The molecule has 5 nitrogen and oxygen atoms in total. The highest BCUT2D eigenvalue weighted by molar-refractivity contribution is 5.59. The fraction of sp³-hybridized carbons (Fsp3) is 0.538. The minimum atomic E-state index is -4.78. The van der Waals surface area contributed by atoms with Crippen LogP contribution in [0.3, 0.4) is 0 Å². The van der Waals surface area contributed by atoms with Gasteiger partial charge in [-0.25, -0.2) is 0 Å². The Kier molecular flexibility index (Phi) is 3.09. The Balaban J connectivity index is 2.04. The van der Waals surface area contributed by atoms with Crippen LogP contribution in [0.5, 0.6) is 0 Å². The van der Waals surface area contributed by atoms with Crippen LogP contribution in [-0.4, -0.2) is 28.2 Å². The van der Waals surface area contributed by atoms with Gasteiger partial charge in [0.25, 0.3) is 5.69 Å². The highest BCUT2D eigenvalue weighted by atomic mass is 19.4. The fourth-order valence-electron chi connectivity index (χ4n) is 3.43. The van der Waals surface area contributed by atoms with Gasteiger partial charge in [0.1, 0.15) is 5.56 Å². The smallest absolute Gasteiger partial charge is 0.391 e. The molecule has 2 bridgehead atoms. The van der Waals surface area contributed by atoms with Crippen LogP contribution < -0.4 is 4.90 Å². The maximum Gasteiger partial charge on any atom is 0.423 e. The van der Waals surface area contributed by atoms with Crippen molar-refractivity contribution in [3.05, 3.63) is 33.9 Å². The maximum absolute atomic E-state index is 13.0. The molecule has 21 heavy (non-hydrogen) atoms. The van der Waals surface area contributed by atoms with E-state index in [9.17, 15) is 28.4 Å². The molecule has 2 aliphatic heterocycles. The highest BCUT2D eigenvalue weighted by Crippen LogP contribution is 2.44. The van der Waals surface area contributed by atoms with Gasteiger partial charge < -0.3 is 10.0 Å². The molecule has 2 fully saturated rings. The van der Waals surface area contributed by atoms with Crippen molar-refractivity contribution in [2.24, 2.45) is 0 Å². The summed E-state index contributed by atoms with van der Waals surface area (Å²) >= 11 is 0. The first-order valence-corrected chi connectivity index (χ1v) is 6.61. The first kappa shape index (κ1) is 14.1. The van der Waals surface area contributed by atoms with Gasteiger partial charge in [-0.2, -0.15) is 13.2 Å². The van der Waals surface area contributed by atoms with Gasteiger partial charge in [0.2, 0.25) is 0 Å². The Morgan fingerprint density at radius 3 is 2.52 bits per heavy atom. The number of halogens is 3. The number of alkyl halides is 3. The van der Waals surface area contributed by atoms with Gasteiger partial charge in [0.05, 0.1) is 17.1 Å². The number of aliphatic hydroxyl groups is 1. The summed E-state index contributed by atoms with van der Waals surface area (Å²) in [4.78, 5) is 11.5. The van der Waals surface area contributed by atoms with Crippen LogP contribution in [0.15, 0.2) is 18.2 Å². The van der Waals surface area contributed by atoms with Crippen molar-refractivity contribution in [1.29, 1.82) is 0 Å². The van der Waals surface area contributed by atoms with E-state index in [1.165, 1.54) is 6.07 Å². The van der Waals surface area contributed by atoms with Crippen molar-refractivity contribution in [3.63, 3.8) is 0 Å². The molecule has 3 unspecified atom stereocenters. The second-order valence-corrected chi connectivity index (χ2v) is 5.47. The summed E-state index contributed by atoms with van der Waals surface area (Å²) in [5.41, 5.74) is -1.90. The van der Waals surface area contributed by atoms with Crippen molar-refractivity contribution in [1.82, 2.24) is 0 Å². The second kappa shape index (κ2) is 4.59. The fourth-order valence-corrected chi connectivity index (χ4v) is 3.43. The van der Waals surface area contributed by atoms with Crippen LogP contribution in [0.25, 0.3) is 0 Å². The number of benzene rings is 1. The minimum absolute atomic E-state index is 0.00698. The quantitative estimate of drug-likeness (QED) is 0.674. The van der Waals surface area contributed by atoms with E-state index in [-0.39, 0.29) is 17.8 Å². The molecule has 2 aliphatic rings.